The molecule has 0 saturated carbocycles. The summed E-state index contributed by atoms with van der Waals surface area (Å²) in [4.78, 5) is 0. The fraction of sp³-hybridized carbons (Fsp3) is 0.0794. The predicted molar refractivity (Wildman–Crippen MR) is 278 cm³/mol. The molecule has 306 valence electrons. The van der Waals surface area contributed by atoms with Crippen LogP contribution in [-0.4, -0.2) is 15.8 Å². The van der Waals surface area contributed by atoms with Crippen molar-refractivity contribution in [1.29, 1.82) is 0 Å². The van der Waals surface area contributed by atoms with E-state index in [1.165, 1.54) is 160 Å². The molecule has 0 radical (unpaired) electrons. The van der Waals surface area contributed by atoms with Crippen LogP contribution in [-0.2, 0) is 5.41 Å². The molecule has 3 heteroatoms. The van der Waals surface area contributed by atoms with Gasteiger partial charge in [-0.1, -0.05) is 162 Å². The molecule has 0 atom stereocenters. The van der Waals surface area contributed by atoms with E-state index in [-0.39, 0.29) is 6.71 Å². The lowest BCUT2D eigenvalue weighted by Crippen LogP contribution is -2.60. The van der Waals surface area contributed by atoms with Crippen LogP contribution in [0.1, 0.15) is 44.5 Å². The summed E-state index contributed by atoms with van der Waals surface area (Å²) in [6, 6.07) is 68.4. The number of hydrogen-bond donors (Lipinski definition) is 0. The van der Waals surface area contributed by atoms with E-state index in [4.69, 9.17) is 0 Å². The van der Waals surface area contributed by atoms with E-state index in [0.717, 1.165) is 0 Å². The Morgan fingerprint density at radius 3 is 1.62 bits per heavy atom. The SMILES string of the molecule is Cc1ccc2c(c1)c1cc(C)cc3c1n2-c1c(-c2ccc(-c4ccccc4)c4ccccc24)cc2c4c1B3c1cc(C)cc3c5cc(C)cc(c5n-4c13)C21c2ccccc2-c2ccccc21. The van der Waals surface area contributed by atoms with E-state index in [0.29, 0.717) is 0 Å². The van der Waals surface area contributed by atoms with Crippen LogP contribution in [0.4, 0.5) is 0 Å². The Kier molecular flexibility index (Phi) is 6.38. The average molecular weight is 837 g/mol. The molecule has 0 saturated heterocycles. The summed E-state index contributed by atoms with van der Waals surface area (Å²) in [5.41, 5.74) is 30.0. The van der Waals surface area contributed by atoms with E-state index < -0.39 is 5.41 Å². The van der Waals surface area contributed by atoms with Crippen molar-refractivity contribution in [2.45, 2.75) is 33.1 Å². The summed E-state index contributed by atoms with van der Waals surface area (Å²) >= 11 is 0. The van der Waals surface area contributed by atoms with Crippen LogP contribution < -0.4 is 16.4 Å². The minimum absolute atomic E-state index is 0.00895. The van der Waals surface area contributed by atoms with Gasteiger partial charge in [-0.25, -0.2) is 0 Å². The maximum Gasteiger partial charge on any atom is 0.252 e. The minimum Gasteiger partial charge on any atom is -0.310 e. The lowest BCUT2D eigenvalue weighted by atomic mass is 9.33. The summed E-state index contributed by atoms with van der Waals surface area (Å²) in [7, 11) is 0. The van der Waals surface area contributed by atoms with Crippen LogP contribution in [0, 0.1) is 27.7 Å². The molecule has 16 rings (SSSR count). The Labute approximate surface area is 383 Å². The van der Waals surface area contributed by atoms with Crippen molar-refractivity contribution in [3.8, 4) is 44.8 Å². The quantitative estimate of drug-likeness (QED) is 0.154. The third kappa shape index (κ3) is 3.98. The standard InChI is InChI=1S/C63H41BN2/c1-34-22-25-56-45(26-34)46-28-36(3)31-54-59(46)65(56)61-49(42-24-23-39(38-14-6-5-7-15-38)40-16-8-9-17-41(40)42)33-53-62-57(61)64(54)55-32-37(4)29-48-47-27-35(2)30-52(58(47)66(62)60(48)55)63(53)50-20-12-10-18-43(50)44-19-11-13-21-51(44)63/h5-33H,1-4H3. The maximum absolute atomic E-state index is 2.75. The molecule has 0 amide bonds. The molecular weight excluding hydrogens is 796 g/mol. The summed E-state index contributed by atoms with van der Waals surface area (Å²) in [5, 5.41) is 7.90. The molecule has 0 bridgehead atoms. The maximum atomic E-state index is 2.75. The molecule has 2 aromatic heterocycles. The normalized spacial score (nSPS) is 14.2. The first kappa shape index (κ1) is 35.5. The second kappa shape index (κ2) is 11.9. The number of fused-ring (bicyclic) bond motifs is 15. The van der Waals surface area contributed by atoms with Crippen LogP contribution in [0.15, 0.2) is 176 Å². The van der Waals surface area contributed by atoms with Crippen LogP contribution in [0.5, 0.6) is 0 Å². The Morgan fingerprint density at radius 1 is 0.348 bits per heavy atom. The molecule has 0 fully saturated rings. The summed E-state index contributed by atoms with van der Waals surface area (Å²) in [5.74, 6) is 0. The second-order valence-electron chi connectivity index (χ2n) is 19.8. The van der Waals surface area contributed by atoms with Crippen molar-refractivity contribution < 1.29 is 0 Å². The molecule has 66 heavy (non-hydrogen) atoms. The van der Waals surface area contributed by atoms with Crippen molar-refractivity contribution in [3.05, 3.63) is 220 Å². The highest BCUT2D eigenvalue weighted by molar-refractivity contribution is 7.00. The van der Waals surface area contributed by atoms with Gasteiger partial charge < -0.3 is 9.13 Å². The van der Waals surface area contributed by atoms with Gasteiger partial charge >= 0.3 is 0 Å². The first-order valence-electron chi connectivity index (χ1n) is 23.5. The number of aromatic nitrogens is 2. The predicted octanol–water partition coefficient (Wildman–Crippen LogP) is 13.4. The van der Waals surface area contributed by atoms with Crippen molar-refractivity contribution in [2.24, 2.45) is 0 Å². The minimum atomic E-state index is -0.574. The number of benzene rings is 10. The number of nitrogens with zero attached hydrogens (tertiary/aromatic N) is 2. The average Bonchev–Trinajstić information content (AvgIpc) is 3.95. The molecule has 1 aliphatic carbocycles. The van der Waals surface area contributed by atoms with Crippen molar-refractivity contribution >= 4 is 77.5 Å². The highest BCUT2D eigenvalue weighted by Crippen LogP contribution is 2.62. The van der Waals surface area contributed by atoms with Crippen molar-refractivity contribution in [1.82, 2.24) is 9.13 Å². The molecule has 2 nitrogen and oxygen atoms in total. The van der Waals surface area contributed by atoms with Gasteiger partial charge in [-0.2, -0.15) is 0 Å². The van der Waals surface area contributed by atoms with E-state index >= 15 is 0 Å². The third-order valence-electron chi connectivity index (χ3n) is 16.2. The smallest absolute Gasteiger partial charge is 0.252 e. The van der Waals surface area contributed by atoms with E-state index in [1.807, 2.05) is 0 Å². The highest BCUT2D eigenvalue weighted by Gasteiger charge is 2.55. The molecule has 3 aliphatic heterocycles. The van der Waals surface area contributed by atoms with E-state index in [9.17, 15) is 0 Å². The number of rotatable bonds is 2. The van der Waals surface area contributed by atoms with Gasteiger partial charge in [0.1, 0.15) is 0 Å². The lowest BCUT2D eigenvalue weighted by molar-refractivity contribution is 0.748. The largest absolute Gasteiger partial charge is 0.310 e. The molecule has 12 aromatic rings. The molecule has 0 N–H and O–H groups in total. The first-order chi connectivity index (χ1) is 32.4. The molecule has 1 spiro atoms. The summed E-state index contributed by atoms with van der Waals surface area (Å²) in [6.07, 6.45) is 0. The van der Waals surface area contributed by atoms with Gasteiger partial charge in [0.2, 0.25) is 0 Å². The van der Waals surface area contributed by atoms with Crippen LogP contribution in [0.3, 0.4) is 0 Å². The van der Waals surface area contributed by atoms with E-state index in [1.54, 1.807) is 0 Å². The van der Waals surface area contributed by atoms with Crippen molar-refractivity contribution in [2.75, 3.05) is 0 Å². The number of aryl methyl sites for hydroxylation is 4. The highest BCUT2D eigenvalue weighted by atomic mass is 15.1. The second-order valence-corrected chi connectivity index (χ2v) is 19.8. The first-order valence-corrected chi connectivity index (χ1v) is 23.5. The summed E-state index contributed by atoms with van der Waals surface area (Å²) < 4.78 is 5.45. The van der Waals surface area contributed by atoms with Crippen LogP contribution in [0.2, 0.25) is 0 Å². The zero-order chi connectivity index (χ0) is 43.5. The van der Waals surface area contributed by atoms with Gasteiger partial charge in [0.05, 0.1) is 22.1 Å². The Bertz CT molecular complexity index is 4230. The van der Waals surface area contributed by atoms with Gasteiger partial charge in [0, 0.05) is 43.8 Å². The fourth-order valence-electron chi connectivity index (χ4n) is 14.0. The topological polar surface area (TPSA) is 9.86 Å². The molecule has 10 aromatic carbocycles. The Balaban J connectivity index is 1.20. The van der Waals surface area contributed by atoms with Gasteiger partial charge in [0.25, 0.3) is 6.71 Å². The Morgan fingerprint density at radius 2 is 0.909 bits per heavy atom. The monoisotopic (exact) mass is 836 g/mol. The van der Waals surface area contributed by atoms with Crippen LogP contribution in [0.25, 0.3) is 99.1 Å². The lowest BCUT2D eigenvalue weighted by Gasteiger charge is -2.45. The van der Waals surface area contributed by atoms with Gasteiger partial charge in [-0.3, -0.25) is 0 Å². The Hall–Kier alpha value is -7.88. The van der Waals surface area contributed by atoms with Gasteiger partial charge in [-0.05, 0) is 141 Å². The van der Waals surface area contributed by atoms with Gasteiger partial charge in [0.15, 0.2) is 0 Å². The molecule has 0 unspecified atom stereocenters. The van der Waals surface area contributed by atoms with Gasteiger partial charge in [-0.15, -0.1) is 0 Å². The third-order valence-corrected chi connectivity index (χ3v) is 16.2. The van der Waals surface area contributed by atoms with Crippen molar-refractivity contribution in [3.63, 3.8) is 0 Å². The molecule has 5 heterocycles. The number of hydrogen-bond acceptors (Lipinski definition) is 0. The zero-order valence-corrected chi connectivity index (χ0v) is 37.2. The van der Waals surface area contributed by atoms with Crippen LogP contribution >= 0.6 is 0 Å². The summed E-state index contributed by atoms with van der Waals surface area (Å²) in [6.45, 7) is 9.18. The molecule has 4 aliphatic rings. The molecular formula is C63H41BN2. The zero-order valence-electron chi connectivity index (χ0n) is 37.2. The van der Waals surface area contributed by atoms with E-state index in [2.05, 4.69) is 213 Å². The fourth-order valence-corrected chi connectivity index (χ4v) is 14.0.